The number of aromatic nitrogens is 1. The number of hydrogen-bond acceptors (Lipinski definition) is 6. The molecule has 1 amide bonds. The minimum atomic E-state index is -0.308. The second-order valence-electron chi connectivity index (χ2n) is 4.26. The number of nitrogens with zero attached hydrogens (tertiary/aromatic N) is 1. The van der Waals surface area contributed by atoms with Crippen molar-refractivity contribution in [3.05, 3.63) is 27.4 Å². The molecule has 2 heterocycles. The van der Waals surface area contributed by atoms with Gasteiger partial charge in [0, 0.05) is 17.5 Å². The zero-order valence-electron chi connectivity index (χ0n) is 11.8. The maximum Gasteiger partial charge on any atom is 0.307 e. The summed E-state index contributed by atoms with van der Waals surface area (Å²) in [6, 6.07) is 1.98. The summed E-state index contributed by atoms with van der Waals surface area (Å²) in [5.74, 6) is -0.506. The Balaban J connectivity index is 1.95. The van der Waals surface area contributed by atoms with Crippen LogP contribution in [0.3, 0.4) is 0 Å². The van der Waals surface area contributed by atoms with Gasteiger partial charge in [-0.05, 0) is 25.3 Å². The van der Waals surface area contributed by atoms with E-state index in [1.807, 2.05) is 23.8 Å². The van der Waals surface area contributed by atoms with Crippen molar-refractivity contribution in [2.75, 3.05) is 13.2 Å². The summed E-state index contributed by atoms with van der Waals surface area (Å²) >= 11 is 2.96. The molecule has 0 saturated heterocycles. The lowest BCUT2D eigenvalue weighted by Crippen LogP contribution is -2.26. The first-order chi connectivity index (χ1) is 10.1. The van der Waals surface area contributed by atoms with Crippen molar-refractivity contribution in [3.63, 3.8) is 0 Å². The van der Waals surface area contributed by atoms with Crippen molar-refractivity contribution in [2.24, 2.45) is 0 Å². The summed E-state index contributed by atoms with van der Waals surface area (Å²) in [6.45, 7) is 4.18. The molecule has 0 radical (unpaired) electrons. The van der Waals surface area contributed by atoms with Crippen LogP contribution in [-0.4, -0.2) is 30.0 Å². The predicted octanol–water partition coefficient (Wildman–Crippen LogP) is 2.86. The quantitative estimate of drug-likeness (QED) is 0.830. The van der Waals surface area contributed by atoms with Crippen LogP contribution in [0, 0.1) is 6.92 Å². The lowest BCUT2D eigenvalue weighted by atomic mass is 10.3. The van der Waals surface area contributed by atoms with Gasteiger partial charge in [-0.25, -0.2) is 4.98 Å². The molecule has 0 aromatic carbocycles. The van der Waals surface area contributed by atoms with Crippen molar-refractivity contribution >= 4 is 34.6 Å². The van der Waals surface area contributed by atoms with Gasteiger partial charge in [0.2, 0.25) is 0 Å². The van der Waals surface area contributed by atoms with Crippen molar-refractivity contribution < 1.29 is 14.3 Å². The molecule has 0 spiro atoms. The molecule has 0 atom stereocenters. The van der Waals surface area contributed by atoms with E-state index in [1.165, 1.54) is 11.3 Å². The summed E-state index contributed by atoms with van der Waals surface area (Å²) in [5.41, 5.74) is 1.73. The Bertz CT molecular complexity index is 620. The van der Waals surface area contributed by atoms with Crippen LogP contribution in [-0.2, 0) is 9.53 Å². The summed E-state index contributed by atoms with van der Waals surface area (Å²) in [4.78, 5) is 28.3. The maximum absolute atomic E-state index is 12.1. The van der Waals surface area contributed by atoms with Gasteiger partial charge in [0.05, 0.1) is 18.7 Å². The Morgan fingerprint density at radius 3 is 2.90 bits per heavy atom. The summed E-state index contributed by atoms with van der Waals surface area (Å²) in [5, 5.41) is 7.54. The largest absolute Gasteiger partial charge is 0.466 e. The smallest absolute Gasteiger partial charge is 0.307 e. The van der Waals surface area contributed by atoms with Crippen LogP contribution >= 0.6 is 22.7 Å². The fourth-order valence-electron chi connectivity index (χ4n) is 1.71. The third-order valence-electron chi connectivity index (χ3n) is 2.69. The third kappa shape index (κ3) is 4.12. The van der Waals surface area contributed by atoms with Gasteiger partial charge in [0.1, 0.15) is 9.88 Å². The number of aryl methyl sites for hydroxylation is 1. The summed E-state index contributed by atoms with van der Waals surface area (Å²) < 4.78 is 4.81. The van der Waals surface area contributed by atoms with Gasteiger partial charge in [0.15, 0.2) is 0 Å². The number of amides is 1. The van der Waals surface area contributed by atoms with Crippen LogP contribution in [0.2, 0.25) is 0 Å². The lowest BCUT2D eigenvalue weighted by molar-refractivity contribution is -0.142. The highest BCUT2D eigenvalue weighted by molar-refractivity contribution is 7.17. The van der Waals surface area contributed by atoms with E-state index in [9.17, 15) is 9.59 Å². The number of nitrogens with one attached hydrogen (secondary N) is 1. The molecule has 2 aromatic heterocycles. The molecule has 0 aliphatic carbocycles. The van der Waals surface area contributed by atoms with Crippen LogP contribution in [0.25, 0.3) is 10.6 Å². The molecular weight excluding hydrogens is 308 g/mol. The molecule has 2 rings (SSSR count). The van der Waals surface area contributed by atoms with E-state index in [1.54, 1.807) is 18.3 Å². The monoisotopic (exact) mass is 324 g/mol. The Labute approximate surface area is 131 Å². The Kier molecular flexibility index (Phi) is 5.46. The molecule has 5 nitrogen and oxygen atoms in total. The molecule has 112 valence electrons. The van der Waals surface area contributed by atoms with Gasteiger partial charge in [-0.2, -0.15) is 11.3 Å². The molecule has 1 N–H and O–H groups in total. The highest BCUT2D eigenvalue weighted by atomic mass is 32.1. The van der Waals surface area contributed by atoms with Crippen molar-refractivity contribution in [1.29, 1.82) is 0 Å². The molecule has 0 saturated carbocycles. The van der Waals surface area contributed by atoms with E-state index in [0.29, 0.717) is 17.2 Å². The van der Waals surface area contributed by atoms with Gasteiger partial charge in [-0.15, -0.1) is 11.3 Å². The number of hydrogen-bond donors (Lipinski definition) is 1. The molecule has 0 bridgehead atoms. The zero-order valence-corrected chi connectivity index (χ0v) is 13.5. The molecule has 2 aromatic rings. The summed E-state index contributed by atoms with van der Waals surface area (Å²) in [6.07, 6.45) is 0.175. The van der Waals surface area contributed by atoms with Gasteiger partial charge in [-0.1, -0.05) is 0 Å². The van der Waals surface area contributed by atoms with Crippen LogP contribution in [0.1, 0.15) is 28.7 Å². The Hall–Kier alpha value is -1.73. The number of ether oxygens (including phenoxy) is 1. The first kappa shape index (κ1) is 15.7. The fourth-order valence-corrected chi connectivity index (χ4v) is 3.40. The number of esters is 1. The first-order valence-corrected chi connectivity index (χ1v) is 8.31. The molecule has 0 aliphatic rings. The SMILES string of the molecule is CCOC(=O)CCNC(=O)c1sc(-c2ccsc2)nc1C. The lowest BCUT2D eigenvalue weighted by Gasteiger charge is -2.03. The van der Waals surface area contributed by atoms with E-state index in [0.717, 1.165) is 10.6 Å². The topological polar surface area (TPSA) is 68.3 Å². The van der Waals surface area contributed by atoms with Crippen molar-refractivity contribution in [1.82, 2.24) is 10.3 Å². The van der Waals surface area contributed by atoms with Gasteiger partial charge >= 0.3 is 5.97 Å². The number of carbonyl (C=O) groups excluding carboxylic acids is 2. The second-order valence-corrected chi connectivity index (χ2v) is 6.04. The predicted molar refractivity (Wildman–Crippen MR) is 83.7 cm³/mol. The van der Waals surface area contributed by atoms with Crippen LogP contribution in [0.4, 0.5) is 0 Å². The van der Waals surface area contributed by atoms with E-state index in [2.05, 4.69) is 10.3 Å². The van der Waals surface area contributed by atoms with Crippen LogP contribution in [0.15, 0.2) is 16.8 Å². The van der Waals surface area contributed by atoms with E-state index in [-0.39, 0.29) is 24.8 Å². The van der Waals surface area contributed by atoms with E-state index in [4.69, 9.17) is 4.74 Å². The molecule has 21 heavy (non-hydrogen) atoms. The number of thiophene rings is 1. The normalized spacial score (nSPS) is 10.4. The number of thiazole rings is 1. The van der Waals surface area contributed by atoms with Gasteiger partial charge < -0.3 is 10.1 Å². The zero-order chi connectivity index (χ0) is 15.2. The van der Waals surface area contributed by atoms with Gasteiger partial charge in [-0.3, -0.25) is 9.59 Å². The van der Waals surface area contributed by atoms with E-state index < -0.39 is 0 Å². The Morgan fingerprint density at radius 1 is 1.43 bits per heavy atom. The molecule has 0 unspecified atom stereocenters. The second kappa shape index (κ2) is 7.33. The van der Waals surface area contributed by atoms with Gasteiger partial charge in [0.25, 0.3) is 5.91 Å². The summed E-state index contributed by atoms with van der Waals surface area (Å²) in [7, 11) is 0. The highest BCUT2D eigenvalue weighted by Gasteiger charge is 2.16. The Morgan fingerprint density at radius 2 is 2.24 bits per heavy atom. The van der Waals surface area contributed by atoms with Crippen LogP contribution < -0.4 is 5.32 Å². The molecule has 7 heteroatoms. The van der Waals surface area contributed by atoms with E-state index >= 15 is 0 Å². The number of carbonyl (C=O) groups is 2. The first-order valence-electron chi connectivity index (χ1n) is 6.55. The van der Waals surface area contributed by atoms with Crippen LogP contribution in [0.5, 0.6) is 0 Å². The average Bonchev–Trinajstić information content (AvgIpc) is 3.07. The molecule has 0 aliphatic heterocycles. The fraction of sp³-hybridized carbons (Fsp3) is 0.357. The number of rotatable bonds is 6. The molecule has 0 fully saturated rings. The van der Waals surface area contributed by atoms with Crippen molar-refractivity contribution in [3.8, 4) is 10.6 Å². The minimum absolute atomic E-state index is 0.175. The third-order valence-corrected chi connectivity index (χ3v) is 4.58. The average molecular weight is 324 g/mol. The minimum Gasteiger partial charge on any atom is -0.466 e. The molecular formula is C14H16N2O3S2. The van der Waals surface area contributed by atoms with Crippen molar-refractivity contribution in [2.45, 2.75) is 20.3 Å². The highest BCUT2D eigenvalue weighted by Crippen LogP contribution is 2.29. The standard InChI is InChI=1S/C14H16N2O3S2/c1-3-19-11(17)4-6-15-13(18)12-9(2)16-14(21-12)10-5-7-20-8-10/h5,7-8H,3-4,6H2,1-2H3,(H,15,18). The maximum atomic E-state index is 12.1.